The van der Waals surface area contributed by atoms with Crippen LogP contribution < -0.4 is 19.6 Å². The van der Waals surface area contributed by atoms with Crippen LogP contribution >= 0.6 is 22.9 Å². The van der Waals surface area contributed by atoms with E-state index in [2.05, 4.69) is 11.6 Å². The number of allylic oxidation sites excluding steroid dienone is 1. The normalized spacial score (nSPS) is 14.2. The van der Waals surface area contributed by atoms with Crippen molar-refractivity contribution in [2.24, 2.45) is 4.99 Å². The molecule has 10 nitrogen and oxygen atoms in total. The van der Waals surface area contributed by atoms with Crippen molar-refractivity contribution in [1.82, 2.24) is 14.3 Å². The van der Waals surface area contributed by atoms with Crippen molar-refractivity contribution >= 4 is 41.0 Å². The van der Waals surface area contributed by atoms with Crippen molar-refractivity contribution in [2.45, 2.75) is 13.0 Å². The van der Waals surface area contributed by atoms with Gasteiger partial charge in [0, 0.05) is 17.3 Å². The van der Waals surface area contributed by atoms with Crippen molar-refractivity contribution in [2.75, 3.05) is 20.8 Å². The molecule has 242 valence electrons. The summed E-state index contributed by atoms with van der Waals surface area (Å²) in [4.78, 5) is 44.9. The van der Waals surface area contributed by atoms with E-state index >= 15 is 0 Å². The fourth-order valence-electron chi connectivity index (χ4n) is 5.41. The van der Waals surface area contributed by atoms with E-state index in [1.165, 1.54) is 29.1 Å². The second-order valence-electron chi connectivity index (χ2n) is 10.6. The number of rotatable bonds is 9. The summed E-state index contributed by atoms with van der Waals surface area (Å²) in [5.74, 6) is -0.613. The van der Waals surface area contributed by atoms with Gasteiger partial charge in [0.2, 0.25) is 0 Å². The van der Waals surface area contributed by atoms with Crippen molar-refractivity contribution in [3.05, 3.63) is 144 Å². The Morgan fingerprint density at radius 2 is 1.79 bits per heavy atom. The minimum atomic E-state index is -0.876. The molecule has 3 heterocycles. The lowest BCUT2D eigenvalue weighted by Gasteiger charge is -2.24. The molecule has 0 bridgehead atoms. The highest BCUT2D eigenvalue weighted by Crippen LogP contribution is 2.33. The minimum Gasteiger partial charge on any atom is -0.495 e. The van der Waals surface area contributed by atoms with E-state index in [0.29, 0.717) is 48.2 Å². The predicted octanol–water partition coefficient (Wildman–Crippen LogP) is 5.27. The molecule has 12 heteroatoms. The fraction of sp³-hybridized carbons (Fsp3) is 0.139. The highest BCUT2D eigenvalue weighted by Gasteiger charge is 2.33. The fourth-order valence-corrected chi connectivity index (χ4v) is 6.71. The van der Waals surface area contributed by atoms with Gasteiger partial charge in [-0.05, 0) is 61.0 Å². The molecule has 48 heavy (non-hydrogen) atoms. The molecule has 0 radical (unpaired) electrons. The molecule has 0 saturated heterocycles. The number of thiazole rings is 1. The number of carbonyl (C=O) groups excluding carboxylic acids is 2. The second-order valence-corrected chi connectivity index (χ2v) is 12.1. The molecule has 6 rings (SSSR count). The first-order chi connectivity index (χ1) is 23.2. The van der Waals surface area contributed by atoms with Gasteiger partial charge in [0.15, 0.2) is 4.80 Å². The molecule has 0 spiro atoms. The van der Waals surface area contributed by atoms with Crippen LogP contribution in [-0.4, -0.2) is 47.1 Å². The lowest BCUT2D eigenvalue weighted by Crippen LogP contribution is -2.40. The highest BCUT2D eigenvalue weighted by molar-refractivity contribution is 7.07. The van der Waals surface area contributed by atoms with Crippen molar-refractivity contribution in [3.8, 4) is 22.7 Å². The number of hydrogen-bond donors (Lipinski definition) is 0. The summed E-state index contributed by atoms with van der Waals surface area (Å²) >= 11 is 7.69. The van der Waals surface area contributed by atoms with Crippen LogP contribution in [0.4, 0.5) is 0 Å². The summed E-state index contributed by atoms with van der Waals surface area (Å²) in [6.07, 6.45) is 5.07. The molecule has 0 aliphatic carbocycles. The number of hydrogen-bond acceptors (Lipinski definition) is 9. The maximum Gasteiger partial charge on any atom is 0.338 e. The number of ether oxygens (including phenoxy) is 3. The maximum atomic E-state index is 14.3. The number of carbonyl (C=O) groups is 2. The lowest BCUT2D eigenvalue weighted by atomic mass is 9.95. The van der Waals surface area contributed by atoms with E-state index < -0.39 is 18.0 Å². The second kappa shape index (κ2) is 13.7. The maximum absolute atomic E-state index is 14.3. The summed E-state index contributed by atoms with van der Waals surface area (Å²) < 4.78 is 19.2. The smallest absolute Gasteiger partial charge is 0.338 e. The Labute approximate surface area is 284 Å². The van der Waals surface area contributed by atoms with Gasteiger partial charge in [-0.15, -0.1) is 0 Å². The molecular formula is C36H29ClN4O6S. The first kappa shape index (κ1) is 32.4. The van der Waals surface area contributed by atoms with Crippen molar-refractivity contribution in [3.63, 3.8) is 0 Å². The molecule has 0 amide bonds. The third-order valence-electron chi connectivity index (χ3n) is 7.70. The third kappa shape index (κ3) is 6.13. The van der Waals surface area contributed by atoms with Crippen molar-refractivity contribution in [1.29, 1.82) is 0 Å². The number of esters is 2. The number of aromatic nitrogens is 3. The lowest BCUT2D eigenvalue weighted by molar-refractivity contribution is -0.138. The standard InChI is InChI=1S/C36H29ClN4O6S/c1-5-17-47-35(44)30-21(2)38-36-41(32(30)22-11-13-23(14-12-22)34(43)46-4)33(42)29(48-36)19-25-20-40(26-9-7-6-8-10-26)39-31(25)24-15-16-28(45-3)27(37)18-24/h5-16,18-20,32H,1,17H2,2-4H3. The van der Waals surface area contributed by atoms with Gasteiger partial charge in [-0.25, -0.2) is 19.3 Å². The molecule has 5 aromatic rings. The van der Waals surface area contributed by atoms with Crippen LogP contribution in [-0.2, 0) is 14.3 Å². The summed E-state index contributed by atoms with van der Waals surface area (Å²) in [6, 6.07) is 20.6. The van der Waals surface area contributed by atoms with Crippen LogP contribution in [0.3, 0.4) is 0 Å². The van der Waals surface area contributed by atoms with Crippen LogP contribution in [0.15, 0.2) is 113 Å². The van der Waals surface area contributed by atoms with E-state index in [0.717, 1.165) is 11.3 Å². The zero-order valence-electron chi connectivity index (χ0n) is 26.2. The quantitative estimate of drug-likeness (QED) is 0.154. The van der Waals surface area contributed by atoms with Gasteiger partial charge in [-0.2, -0.15) is 5.10 Å². The Balaban J connectivity index is 1.54. The van der Waals surface area contributed by atoms with E-state index in [1.807, 2.05) is 42.6 Å². The Kier molecular flexibility index (Phi) is 9.24. The Morgan fingerprint density at radius 1 is 1.04 bits per heavy atom. The Morgan fingerprint density at radius 3 is 2.46 bits per heavy atom. The number of methoxy groups -OCH3 is 2. The molecule has 0 saturated carbocycles. The predicted molar refractivity (Wildman–Crippen MR) is 183 cm³/mol. The largest absolute Gasteiger partial charge is 0.495 e. The van der Waals surface area contributed by atoms with Gasteiger partial charge in [0.25, 0.3) is 5.56 Å². The van der Waals surface area contributed by atoms with Crippen LogP contribution in [0.1, 0.15) is 34.5 Å². The molecule has 0 fully saturated rings. The highest BCUT2D eigenvalue weighted by atomic mass is 35.5. The topological polar surface area (TPSA) is 114 Å². The van der Waals surface area contributed by atoms with Crippen LogP contribution in [0.2, 0.25) is 5.02 Å². The average molecular weight is 681 g/mol. The number of halogens is 1. The molecule has 1 aliphatic rings. The van der Waals surface area contributed by atoms with Crippen LogP contribution in [0.5, 0.6) is 5.75 Å². The van der Waals surface area contributed by atoms with Crippen LogP contribution in [0, 0.1) is 0 Å². The number of benzene rings is 3. The zero-order chi connectivity index (χ0) is 33.9. The molecule has 1 unspecified atom stereocenters. The van der Waals surface area contributed by atoms with E-state index in [1.54, 1.807) is 61.2 Å². The first-order valence-electron chi connectivity index (χ1n) is 14.7. The van der Waals surface area contributed by atoms with Gasteiger partial charge >= 0.3 is 11.9 Å². The van der Waals surface area contributed by atoms with Gasteiger partial charge in [-0.1, -0.05) is 65.9 Å². The van der Waals surface area contributed by atoms with Gasteiger partial charge in [0.1, 0.15) is 18.1 Å². The SMILES string of the molecule is C=CCOC(=O)C1=C(C)N=c2sc(=Cc3cn(-c4ccccc4)nc3-c3ccc(OC)c(Cl)c3)c(=O)n2C1c1ccc(C(=O)OC)cc1. The van der Waals surface area contributed by atoms with Gasteiger partial charge in [0.05, 0.1) is 52.3 Å². The summed E-state index contributed by atoms with van der Waals surface area (Å²) in [6.45, 7) is 5.31. The van der Waals surface area contributed by atoms with Crippen LogP contribution in [0.25, 0.3) is 23.0 Å². The average Bonchev–Trinajstić information content (AvgIpc) is 3.66. The van der Waals surface area contributed by atoms with E-state index in [-0.39, 0.29) is 17.7 Å². The molecule has 1 atom stereocenters. The van der Waals surface area contributed by atoms with Crippen molar-refractivity contribution < 1.29 is 23.8 Å². The summed E-state index contributed by atoms with van der Waals surface area (Å²) in [5.41, 5.74) is 3.95. The third-order valence-corrected chi connectivity index (χ3v) is 8.97. The molecule has 1 aliphatic heterocycles. The monoisotopic (exact) mass is 680 g/mol. The molecule has 0 N–H and O–H groups in total. The minimum absolute atomic E-state index is 0.0163. The van der Waals surface area contributed by atoms with Gasteiger partial charge in [-0.3, -0.25) is 9.36 Å². The molecular weight excluding hydrogens is 652 g/mol. The van der Waals surface area contributed by atoms with E-state index in [4.69, 9.17) is 30.9 Å². The number of fused-ring (bicyclic) bond motifs is 1. The Bertz CT molecular complexity index is 2270. The Hall–Kier alpha value is -5.52. The number of nitrogens with zero attached hydrogens (tertiary/aromatic N) is 4. The number of para-hydroxylation sites is 1. The summed E-state index contributed by atoms with van der Waals surface area (Å²) in [5, 5.41) is 5.28. The van der Waals surface area contributed by atoms with Gasteiger partial charge < -0.3 is 14.2 Å². The first-order valence-corrected chi connectivity index (χ1v) is 15.9. The molecule has 3 aromatic carbocycles. The summed E-state index contributed by atoms with van der Waals surface area (Å²) in [7, 11) is 2.84. The zero-order valence-corrected chi connectivity index (χ0v) is 27.7. The van der Waals surface area contributed by atoms with E-state index in [9.17, 15) is 14.4 Å². The molecule has 2 aromatic heterocycles.